The number of aryl methyl sites for hydroxylation is 1. The molecule has 94 valence electrons. The zero-order chi connectivity index (χ0) is 12.7. The van der Waals surface area contributed by atoms with Gasteiger partial charge in [-0.05, 0) is 31.0 Å². The topological polar surface area (TPSA) is 64.3 Å². The number of amides is 1. The first-order chi connectivity index (χ1) is 8.17. The van der Waals surface area contributed by atoms with Crippen molar-refractivity contribution in [2.75, 3.05) is 18.5 Å². The van der Waals surface area contributed by atoms with E-state index in [9.17, 15) is 4.79 Å². The molecule has 0 aliphatic rings. The van der Waals surface area contributed by atoms with E-state index in [0.29, 0.717) is 26.2 Å². The van der Waals surface area contributed by atoms with Gasteiger partial charge in [0.05, 0.1) is 13.0 Å². The summed E-state index contributed by atoms with van der Waals surface area (Å²) >= 11 is 0. The van der Waals surface area contributed by atoms with Crippen LogP contribution in [0.4, 0.5) is 5.69 Å². The van der Waals surface area contributed by atoms with Gasteiger partial charge in [-0.15, -0.1) is 0 Å². The fourth-order valence-electron chi connectivity index (χ4n) is 1.45. The van der Waals surface area contributed by atoms with Gasteiger partial charge in [0.1, 0.15) is 0 Å². The summed E-state index contributed by atoms with van der Waals surface area (Å²) in [5.74, 6) is -0.0317. The zero-order valence-corrected chi connectivity index (χ0v) is 10.5. The summed E-state index contributed by atoms with van der Waals surface area (Å²) in [6, 6.07) is 5.83. The van der Waals surface area contributed by atoms with E-state index in [0.717, 1.165) is 16.8 Å². The van der Waals surface area contributed by atoms with Crippen LogP contribution in [0, 0.1) is 6.92 Å². The SMILES string of the molecule is CCOCCC(=O)Nc1cc(CN)ccc1C. The molecule has 0 saturated carbocycles. The summed E-state index contributed by atoms with van der Waals surface area (Å²) in [7, 11) is 0. The lowest BCUT2D eigenvalue weighted by Crippen LogP contribution is -2.15. The summed E-state index contributed by atoms with van der Waals surface area (Å²) in [6.07, 6.45) is 0.375. The Hall–Kier alpha value is -1.39. The third-order valence-corrected chi connectivity index (χ3v) is 2.49. The van der Waals surface area contributed by atoms with Crippen LogP contribution < -0.4 is 11.1 Å². The zero-order valence-electron chi connectivity index (χ0n) is 10.5. The van der Waals surface area contributed by atoms with Crippen LogP contribution >= 0.6 is 0 Å². The van der Waals surface area contributed by atoms with Gasteiger partial charge in [0, 0.05) is 18.8 Å². The molecule has 1 amide bonds. The Morgan fingerprint density at radius 3 is 2.88 bits per heavy atom. The summed E-state index contributed by atoms with van der Waals surface area (Å²) in [5, 5.41) is 2.87. The normalized spacial score (nSPS) is 10.3. The number of nitrogens with one attached hydrogen (secondary N) is 1. The summed E-state index contributed by atoms with van der Waals surface area (Å²) in [6.45, 7) is 5.43. The molecule has 0 spiro atoms. The molecule has 1 aromatic rings. The molecular formula is C13H20N2O2. The predicted molar refractivity (Wildman–Crippen MR) is 68.8 cm³/mol. The molecule has 3 N–H and O–H groups in total. The summed E-state index contributed by atoms with van der Waals surface area (Å²) in [4.78, 5) is 11.6. The van der Waals surface area contributed by atoms with Gasteiger partial charge in [0.2, 0.25) is 5.91 Å². The van der Waals surface area contributed by atoms with Crippen LogP contribution in [0.25, 0.3) is 0 Å². The van der Waals surface area contributed by atoms with E-state index in [-0.39, 0.29) is 5.91 Å². The lowest BCUT2D eigenvalue weighted by molar-refractivity contribution is -0.117. The quantitative estimate of drug-likeness (QED) is 0.740. The van der Waals surface area contributed by atoms with E-state index in [1.54, 1.807) is 0 Å². The average molecular weight is 236 g/mol. The van der Waals surface area contributed by atoms with Crippen LogP contribution in [0.15, 0.2) is 18.2 Å². The largest absolute Gasteiger partial charge is 0.381 e. The van der Waals surface area contributed by atoms with Gasteiger partial charge in [0.15, 0.2) is 0 Å². The third-order valence-electron chi connectivity index (χ3n) is 2.49. The van der Waals surface area contributed by atoms with Crippen molar-refractivity contribution in [1.82, 2.24) is 0 Å². The first-order valence-corrected chi connectivity index (χ1v) is 5.84. The van der Waals surface area contributed by atoms with Crippen molar-refractivity contribution in [3.63, 3.8) is 0 Å². The summed E-state index contributed by atoms with van der Waals surface area (Å²) in [5.41, 5.74) is 8.44. The number of benzene rings is 1. The monoisotopic (exact) mass is 236 g/mol. The highest BCUT2D eigenvalue weighted by Gasteiger charge is 2.05. The molecular weight excluding hydrogens is 216 g/mol. The van der Waals surface area contributed by atoms with Crippen molar-refractivity contribution in [1.29, 1.82) is 0 Å². The molecule has 0 aliphatic heterocycles. The van der Waals surface area contributed by atoms with E-state index in [2.05, 4.69) is 5.32 Å². The highest BCUT2D eigenvalue weighted by molar-refractivity contribution is 5.91. The highest BCUT2D eigenvalue weighted by atomic mass is 16.5. The number of nitrogens with two attached hydrogens (primary N) is 1. The minimum Gasteiger partial charge on any atom is -0.381 e. The van der Waals surface area contributed by atoms with Crippen LogP contribution in [0.2, 0.25) is 0 Å². The number of anilines is 1. The second kappa shape index (κ2) is 7.04. The maximum Gasteiger partial charge on any atom is 0.226 e. The molecule has 0 aromatic heterocycles. The Kier molecular flexibility index (Phi) is 5.66. The molecule has 0 fully saturated rings. The van der Waals surface area contributed by atoms with Crippen LogP contribution in [0.1, 0.15) is 24.5 Å². The minimum absolute atomic E-state index is 0.0317. The van der Waals surface area contributed by atoms with E-state index < -0.39 is 0 Å². The van der Waals surface area contributed by atoms with Crippen molar-refractivity contribution >= 4 is 11.6 Å². The van der Waals surface area contributed by atoms with Gasteiger partial charge in [0.25, 0.3) is 0 Å². The van der Waals surface area contributed by atoms with Gasteiger partial charge in [-0.2, -0.15) is 0 Å². The van der Waals surface area contributed by atoms with Crippen LogP contribution in [-0.2, 0) is 16.1 Å². The van der Waals surface area contributed by atoms with Crippen LogP contribution in [-0.4, -0.2) is 19.1 Å². The molecule has 1 aromatic carbocycles. The second-order valence-electron chi connectivity index (χ2n) is 3.85. The minimum atomic E-state index is -0.0317. The van der Waals surface area contributed by atoms with Crippen LogP contribution in [0.3, 0.4) is 0 Å². The number of hydrogen-bond donors (Lipinski definition) is 2. The fraction of sp³-hybridized carbons (Fsp3) is 0.462. The molecule has 1 rings (SSSR count). The predicted octanol–water partition coefficient (Wildman–Crippen LogP) is 1.82. The first-order valence-electron chi connectivity index (χ1n) is 5.84. The Labute approximate surface area is 102 Å². The molecule has 0 saturated heterocycles. The molecule has 0 bridgehead atoms. The maximum atomic E-state index is 11.6. The van der Waals surface area contributed by atoms with Crippen molar-refractivity contribution in [3.05, 3.63) is 29.3 Å². The molecule has 0 aliphatic carbocycles. The summed E-state index contributed by atoms with van der Waals surface area (Å²) < 4.78 is 5.14. The van der Waals surface area contributed by atoms with E-state index >= 15 is 0 Å². The van der Waals surface area contributed by atoms with Gasteiger partial charge >= 0.3 is 0 Å². The first kappa shape index (κ1) is 13.7. The Morgan fingerprint density at radius 1 is 1.47 bits per heavy atom. The number of carbonyl (C=O) groups is 1. The van der Waals surface area contributed by atoms with Gasteiger partial charge < -0.3 is 15.8 Å². The second-order valence-corrected chi connectivity index (χ2v) is 3.85. The molecule has 0 atom stereocenters. The average Bonchev–Trinajstić information content (AvgIpc) is 2.32. The van der Waals surface area contributed by atoms with Crippen molar-refractivity contribution < 1.29 is 9.53 Å². The van der Waals surface area contributed by atoms with E-state index in [1.165, 1.54) is 0 Å². The van der Waals surface area contributed by atoms with E-state index in [4.69, 9.17) is 10.5 Å². The Bertz CT molecular complexity index is 378. The Morgan fingerprint density at radius 2 is 2.24 bits per heavy atom. The Balaban J connectivity index is 2.57. The molecule has 0 radical (unpaired) electrons. The lowest BCUT2D eigenvalue weighted by atomic mass is 10.1. The van der Waals surface area contributed by atoms with Crippen molar-refractivity contribution in [3.8, 4) is 0 Å². The van der Waals surface area contributed by atoms with Gasteiger partial charge in [-0.25, -0.2) is 0 Å². The standard InChI is InChI=1S/C13H20N2O2/c1-3-17-7-6-13(16)15-12-8-11(9-14)5-4-10(12)2/h4-5,8H,3,6-7,9,14H2,1-2H3,(H,15,16). The molecule has 17 heavy (non-hydrogen) atoms. The van der Waals surface area contributed by atoms with Crippen molar-refractivity contribution in [2.24, 2.45) is 5.73 Å². The molecule has 0 heterocycles. The lowest BCUT2D eigenvalue weighted by Gasteiger charge is -2.10. The van der Waals surface area contributed by atoms with Crippen molar-refractivity contribution in [2.45, 2.75) is 26.8 Å². The fourth-order valence-corrected chi connectivity index (χ4v) is 1.45. The van der Waals surface area contributed by atoms with Gasteiger partial charge in [-0.3, -0.25) is 4.79 Å². The van der Waals surface area contributed by atoms with Crippen LogP contribution in [0.5, 0.6) is 0 Å². The number of ether oxygens (including phenoxy) is 1. The molecule has 4 nitrogen and oxygen atoms in total. The van der Waals surface area contributed by atoms with Gasteiger partial charge in [-0.1, -0.05) is 12.1 Å². The maximum absolute atomic E-state index is 11.6. The highest BCUT2D eigenvalue weighted by Crippen LogP contribution is 2.16. The number of carbonyl (C=O) groups excluding carboxylic acids is 1. The van der Waals surface area contributed by atoms with E-state index in [1.807, 2.05) is 32.0 Å². The number of rotatable bonds is 6. The third kappa shape index (κ3) is 4.54. The smallest absolute Gasteiger partial charge is 0.226 e. The molecule has 4 heteroatoms. The number of hydrogen-bond acceptors (Lipinski definition) is 3. The molecule has 0 unspecified atom stereocenters.